The number of hydrogen-bond donors (Lipinski definition) is 4. The Labute approximate surface area is 105 Å². The normalized spacial score (nSPS) is 10.5. The summed E-state index contributed by atoms with van der Waals surface area (Å²) in [5.41, 5.74) is 2.03. The molecule has 0 aliphatic rings. The lowest BCUT2D eigenvalue weighted by molar-refractivity contribution is 0.237. The van der Waals surface area contributed by atoms with E-state index in [9.17, 15) is 4.79 Å². The first-order valence-corrected chi connectivity index (χ1v) is 5.99. The molecule has 0 atom stereocenters. The summed E-state index contributed by atoms with van der Waals surface area (Å²) in [6.45, 7) is 1.02. The van der Waals surface area contributed by atoms with E-state index in [4.69, 9.17) is 5.11 Å². The molecule has 0 fully saturated rings. The number of fused-ring (bicyclic) bond motifs is 1. The molecule has 1 aromatic heterocycles. The quantitative estimate of drug-likeness (QED) is 0.602. The molecule has 2 rings (SSSR count). The first-order valence-electron chi connectivity index (χ1n) is 5.99. The van der Waals surface area contributed by atoms with Crippen molar-refractivity contribution in [2.45, 2.75) is 13.0 Å². The molecule has 5 heteroatoms. The van der Waals surface area contributed by atoms with Crippen LogP contribution in [-0.4, -0.2) is 29.3 Å². The van der Waals surface area contributed by atoms with Crippen molar-refractivity contribution in [2.24, 2.45) is 0 Å². The third-order valence-corrected chi connectivity index (χ3v) is 2.65. The van der Waals surface area contributed by atoms with Gasteiger partial charge < -0.3 is 20.7 Å². The number of benzene rings is 1. The Balaban J connectivity index is 1.84. The number of hydrogen-bond acceptors (Lipinski definition) is 2. The minimum absolute atomic E-state index is 0.0856. The van der Waals surface area contributed by atoms with Crippen molar-refractivity contribution >= 4 is 16.9 Å². The summed E-state index contributed by atoms with van der Waals surface area (Å²) in [6, 6.07) is 9.77. The summed E-state index contributed by atoms with van der Waals surface area (Å²) in [6.07, 6.45) is 0.569. The lowest BCUT2D eigenvalue weighted by Gasteiger charge is -2.05. The van der Waals surface area contributed by atoms with Gasteiger partial charge in [0.2, 0.25) is 0 Å². The third kappa shape index (κ3) is 3.24. The van der Waals surface area contributed by atoms with Crippen molar-refractivity contribution in [3.63, 3.8) is 0 Å². The predicted molar refractivity (Wildman–Crippen MR) is 70.2 cm³/mol. The van der Waals surface area contributed by atoms with Gasteiger partial charge in [-0.15, -0.1) is 0 Å². The van der Waals surface area contributed by atoms with Gasteiger partial charge in [-0.2, -0.15) is 0 Å². The zero-order valence-corrected chi connectivity index (χ0v) is 10.1. The second-order valence-corrected chi connectivity index (χ2v) is 4.07. The van der Waals surface area contributed by atoms with Crippen LogP contribution in [0, 0.1) is 0 Å². The summed E-state index contributed by atoms with van der Waals surface area (Å²) in [4.78, 5) is 14.6. The molecular weight excluding hydrogens is 230 g/mol. The number of amides is 2. The minimum Gasteiger partial charge on any atom is -0.396 e. The molecule has 0 saturated heterocycles. The number of carbonyl (C=O) groups excluding carboxylic acids is 1. The molecule has 4 N–H and O–H groups in total. The Bertz CT molecular complexity index is 489. The van der Waals surface area contributed by atoms with Gasteiger partial charge in [0, 0.05) is 24.4 Å². The Kier molecular flexibility index (Phi) is 4.20. The number of aromatic amines is 1. The molecule has 0 saturated carbocycles. The van der Waals surface area contributed by atoms with Gasteiger partial charge in [-0.25, -0.2) is 4.79 Å². The van der Waals surface area contributed by atoms with Crippen molar-refractivity contribution in [1.29, 1.82) is 0 Å². The number of aromatic nitrogens is 1. The monoisotopic (exact) mass is 247 g/mol. The maximum Gasteiger partial charge on any atom is 0.315 e. The van der Waals surface area contributed by atoms with E-state index in [-0.39, 0.29) is 12.6 Å². The highest BCUT2D eigenvalue weighted by atomic mass is 16.3. The topological polar surface area (TPSA) is 77.2 Å². The first kappa shape index (κ1) is 12.4. The molecule has 0 bridgehead atoms. The number of H-pyrrole nitrogens is 1. The average molecular weight is 247 g/mol. The van der Waals surface area contributed by atoms with Gasteiger partial charge >= 0.3 is 6.03 Å². The smallest absolute Gasteiger partial charge is 0.315 e. The van der Waals surface area contributed by atoms with Gasteiger partial charge in [0.15, 0.2) is 0 Å². The van der Waals surface area contributed by atoms with E-state index < -0.39 is 0 Å². The summed E-state index contributed by atoms with van der Waals surface area (Å²) >= 11 is 0. The molecule has 0 unspecified atom stereocenters. The highest BCUT2D eigenvalue weighted by molar-refractivity contribution is 5.80. The van der Waals surface area contributed by atoms with Gasteiger partial charge in [0.25, 0.3) is 0 Å². The highest BCUT2D eigenvalue weighted by Crippen LogP contribution is 2.14. The first-order chi connectivity index (χ1) is 8.79. The molecule has 18 heavy (non-hydrogen) atoms. The van der Waals surface area contributed by atoms with Crippen molar-refractivity contribution in [3.05, 3.63) is 36.0 Å². The number of para-hydroxylation sites is 1. The van der Waals surface area contributed by atoms with E-state index >= 15 is 0 Å². The number of rotatable bonds is 5. The highest BCUT2D eigenvalue weighted by Gasteiger charge is 2.02. The largest absolute Gasteiger partial charge is 0.396 e. The van der Waals surface area contributed by atoms with Gasteiger partial charge in [0.05, 0.1) is 6.54 Å². The van der Waals surface area contributed by atoms with E-state index in [1.807, 2.05) is 30.3 Å². The summed E-state index contributed by atoms with van der Waals surface area (Å²) < 4.78 is 0. The van der Waals surface area contributed by atoms with Crippen molar-refractivity contribution in [1.82, 2.24) is 15.6 Å². The van der Waals surface area contributed by atoms with Crippen LogP contribution in [-0.2, 0) is 6.54 Å². The van der Waals surface area contributed by atoms with Crippen LogP contribution in [0.15, 0.2) is 30.3 Å². The van der Waals surface area contributed by atoms with Crippen LogP contribution in [0.2, 0.25) is 0 Å². The maximum atomic E-state index is 11.4. The fourth-order valence-electron chi connectivity index (χ4n) is 1.75. The summed E-state index contributed by atoms with van der Waals surface area (Å²) in [7, 11) is 0. The molecule has 96 valence electrons. The minimum atomic E-state index is -0.220. The second kappa shape index (κ2) is 6.07. The summed E-state index contributed by atoms with van der Waals surface area (Å²) in [5.74, 6) is 0. The van der Waals surface area contributed by atoms with Gasteiger partial charge in [0.1, 0.15) is 0 Å². The molecule has 5 nitrogen and oxygen atoms in total. The van der Waals surface area contributed by atoms with Crippen molar-refractivity contribution < 1.29 is 9.90 Å². The van der Waals surface area contributed by atoms with Crippen LogP contribution < -0.4 is 10.6 Å². The van der Waals surface area contributed by atoms with E-state index in [1.165, 1.54) is 0 Å². The second-order valence-electron chi connectivity index (χ2n) is 4.07. The van der Waals surface area contributed by atoms with Crippen LogP contribution in [0.4, 0.5) is 4.79 Å². The molecule has 0 radical (unpaired) electrons. The molecule has 1 aromatic carbocycles. The summed E-state index contributed by atoms with van der Waals surface area (Å²) in [5, 5.41) is 15.1. The molecule has 0 aliphatic heterocycles. The fourth-order valence-corrected chi connectivity index (χ4v) is 1.75. The molecular formula is C13H17N3O2. The van der Waals surface area contributed by atoms with Gasteiger partial charge in [-0.3, -0.25) is 0 Å². The van der Waals surface area contributed by atoms with E-state index in [2.05, 4.69) is 15.6 Å². The lowest BCUT2D eigenvalue weighted by atomic mass is 10.2. The molecule has 2 aromatic rings. The number of carbonyl (C=O) groups is 1. The number of aliphatic hydroxyl groups excluding tert-OH is 1. The van der Waals surface area contributed by atoms with Crippen LogP contribution in [0.5, 0.6) is 0 Å². The van der Waals surface area contributed by atoms with Crippen LogP contribution in [0.3, 0.4) is 0 Å². The maximum absolute atomic E-state index is 11.4. The van der Waals surface area contributed by atoms with E-state index in [0.717, 1.165) is 16.6 Å². The standard InChI is InChI=1S/C13H17N3O2/c17-7-3-6-14-13(18)15-9-11-8-10-4-1-2-5-12(10)16-11/h1-2,4-5,8,16-17H,3,6-7,9H2,(H2,14,15,18). The van der Waals surface area contributed by atoms with Crippen molar-refractivity contribution in [2.75, 3.05) is 13.2 Å². The molecule has 1 heterocycles. The van der Waals surface area contributed by atoms with Gasteiger partial charge in [-0.1, -0.05) is 18.2 Å². The van der Waals surface area contributed by atoms with Crippen LogP contribution in [0.25, 0.3) is 10.9 Å². The fraction of sp³-hybridized carbons (Fsp3) is 0.308. The van der Waals surface area contributed by atoms with Crippen LogP contribution in [0.1, 0.15) is 12.1 Å². The average Bonchev–Trinajstić information content (AvgIpc) is 2.79. The Morgan fingerprint density at radius 1 is 1.28 bits per heavy atom. The lowest BCUT2D eigenvalue weighted by Crippen LogP contribution is -2.35. The number of nitrogens with one attached hydrogen (secondary N) is 3. The number of aliphatic hydroxyl groups is 1. The van der Waals surface area contributed by atoms with Gasteiger partial charge in [-0.05, 0) is 23.9 Å². The Hall–Kier alpha value is -2.01. The van der Waals surface area contributed by atoms with E-state index in [0.29, 0.717) is 19.5 Å². The predicted octanol–water partition coefficient (Wildman–Crippen LogP) is 1.35. The molecule has 0 aliphatic carbocycles. The zero-order chi connectivity index (χ0) is 12.8. The zero-order valence-electron chi connectivity index (χ0n) is 10.1. The van der Waals surface area contributed by atoms with Crippen LogP contribution >= 0.6 is 0 Å². The third-order valence-electron chi connectivity index (χ3n) is 2.65. The Morgan fingerprint density at radius 2 is 2.11 bits per heavy atom. The molecule has 0 spiro atoms. The van der Waals surface area contributed by atoms with Crippen molar-refractivity contribution in [3.8, 4) is 0 Å². The molecule has 2 amide bonds. The number of urea groups is 1. The SMILES string of the molecule is O=C(NCCCO)NCc1cc2ccccc2[nH]1. The Morgan fingerprint density at radius 3 is 2.89 bits per heavy atom. The van der Waals surface area contributed by atoms with E-state index in [1.54, 1.807) is 0 Å².